The lowest BCUT2D eigenvalue weighted by Crippen LogP contribution is -2.26. The fourth-order valence-electron chi connectivity index (χ4n) is 3.53. The van der Waals surface area contributed by atoms with Crippen molar-refractivity contribution in [2.45, 2.75) is 51.9 Å². The second-order valence-electron chi connectivity index (χ2n) is 6.86. The van der Waals surface area contributed by atoms with Crippen molar-refractivity contribution in [3.05, 3.63) is 29.1 Å². The topological polar surface area (TPSA) is 40.3 Å². The average molecular weight is 330 g/mol. The van der Waals surface area contributed by atoms with Crippen molar-refractivity contribution in [1.29, 1.82) is 0 Å². The Labute approximate surface area is 141 Å². The van der Waals surface area contributed by atoms with Gasteiger partial charge in [0.25, 0.3) is 0 Å². The Bertz CT molecular complexity index is 786. The number of carboxylic acids is 1. The van der Waals surface area contributed by atoms with Crippen molar-refractivity contribution in [3.63, 3.8) is 0 Å². The van der Waals surface area contributed by atoms with Crippen LogP contribution in [0.15, 0.2) is 23.6 Å². The molecule has 2 heterocycles. The smallest absolute Gasteiger partial charge is 0.303 e. The van der Waals surface area contributed by atoms with Gasteiger partial charge in [0.15, 0.2) is 5.71 Å². The first-order chi connectivity index (χ1) is 10.9. The SMILES string of the molecule is CC1=[N+](CCCCCC(=O)O)c2c(ccc3sccc23)C1(C)C. The van der Waals surface area contributed by atoms with Crippen LogP contribution in [-0.4, -0.2) is 27.9 Å². The molecule has 23 heavy (non-hydrogen) atoms. The zero-order valence-electron chi connectivity index (χ0n) is 14.1. The van der Waals surface area contributed by atoms with E-state index in [1.807, 2.05) is 0 Å². The molecule has 4 heteroatoms. The molecule has 3 nitrogen and oxygen atoms in total. The summed E-state index contributed by atoms with van der Waals surface area (Å²) in [5.41, 5.74) is 4.23. The number of hydrogen-bond acceptors (Lipinski definition) is 2. The zero-order chi connectivity index (χ0) is 16.6. The van der Waals surface area contributed by atoms with E-state index >= 15 is 0 Å². The van der Waals surface area contributed by atoms with Crippen molar-refractivity contribution in [1.82, 2.24) is 0 Å². The van der Waals surface area contributed by atoms with E-state index in [4.69, 9.17) is 5.11 Å². The minimum atomic E-state index is -0.694. The normalized spacial score (nSPS) is 16.1. The Morgan fingerprint density at radius 1 is 1.22 bits per heavy atom. The first-order valence-corrected chi connectivity index (χ1v) is 9.15. The van der Waals surface area contributed by atoms with E-state index in [0.717, 1.165) is 25.8 Å². The third-order valence-corrected chi connectivity index (χ3v) is 6.01. The summed E-state index contributed by atoms with van der Waals surface area (Å²) < 4.78 is 3.80. The van der Waals surface area contributed by atoms with Gasteiger partial charge in [-0.3, -0.25) is 4.79 Å². The lowest BCUT2D eigenvalue weighted by atomic mass is 9.82. The van der Waals surface area contributed by atoms with Crippen molar-refractivity contribution in [2.75, 3.05) is 6.54 Å². The third-order valence-electron chi connectivity index (χ3n) is 5.13. The molecular formula is C19H24NO2S+. The Kier molecular flexibility index (Phi) is 4.28. The number of hydrogen-bond donors (Lipinski definition) is 1. The molecule has 0 bridgehead atoms. The second-order valence-corrected chi connectivity index (χ2v) is 7.81. The molecule has 0 saturated heterocycles. The van der Waals surface area contributed by atoms with E-state index in [0.29, 0.717) is 0 Å². The molecule has 1 aliphatic heterocycles. The lowest BCUT2D eigenvalue weighted by Gasteiger charge is -2.14. The van der Waals surface area contributed by atoms with Crippen LogP contribution in [-0.2, 0) is 10.2 Å². The summed E-state index contributed by atoms with van der Waals surface area (Å²) in [5.74, 6) is -0.694. The van der Waals surface area contributed by atoms with Crippen molar-refractivity contribution in [3.8, 4) is 0 Å². The fraction of sp³-hybridized carbons (Fsp3) is 0.474. The Morgan fingerprint density at radius 2 is 2.00 bits per heavy atom. The molecular weight excluding hydrogens is 306 g/mol. The van der Waals surface area contributed by atoms with Gasteiger partial charge in [0, 0.05) is 30.0 Å². The highest BCUT2D eigenvalue weighted by atomic mass is 32.1. The largest absolute Gasteiger partial charge is 0.481 e. The maximum absolute atomic E-state index is 10.6. The molecule has 1 aromatic carbocycles. The maximum atomic E-state index is 10.6. The third kappa shape index (κ3) is 2.80. The second kappa shape index (κ2) is 6.08. The van der Waals surface area contributed by atoms with Crippen LogP contribution in [0.4, 0.5) is 5.69 Å². The van der Waals surface area contributed by atoms with Crippen LogP contribution in [0.1, 0.15) is 52.0 Å². The van der Waals surface area contributed by atoms with Gasteiger partial charge in [0.2, 0.25) is 5.69 Å². The predicted molar refractivity (Wildman–Crippen MR) is 96.4 cm³/mol. The molecule has 3 rings (SSSR count). The van der Waals surface area contributed by atoms with Gasteiger partial charge in [0.05, 0.1) is 10.8 Å². The van der Waals surface area contributed by atoms with Gasteiger partial charge in [-0.2, -0.15) is 4.58 Å². The van der Waals surface area contributed by atoms with Gasteiger partial charge >= 0.3 is 5.97 Å². The molecule has 1 aliphatic rings. The minimum absolute atomic E-state index is 0.0620. The monoisotopic (exact) mass is 330 g/mol. The number of nitrogens with zero attached hydrogens (tertiary/aromatic N) is 1. The van der Waals surface area contributed by atoms with Gasteiger partial charge in [0.1, 0.15) is 6.54 Å². The number of rotatable bonds is 6. The van der Waals surface area contributed by atoms with Gasteiger partial charge in [-0.25, -0.2) is 0 Å². The molecule has 0 aliphatic carbocycles. The van der Waals surface area contributed by atoms with E-state index in [-0.39, 0.29) is 11.8 Å². The highest BCUT2D eigenvalue weighted by molar-refractivity contribution is 7.17. The van der Waals surface area contributed by atoms with E-state index in [2.05, 4.69) is 48.9 Å². The molecule has 2 aromatic rings. The van der Waals surface area contributed by atoms with Gasteiger partial charge in [-0.05, 0) is 50.3 Å². The molecule has 0 amide bonds. The first-order valence-electron chi connectivity index (χ1n) is 8.27. The number of carboxylic acid groups (broad SMARTS) is 1. The fourth-order valence-corrected chi connectivity index (χ4v) is 4.32. The number of aliphatic carboxylic acids is 1. The minimum Gasteiger partial charge on any atom is -0.481 e. The van der Waals surface area contributed by atoms with E-state index in [1.165, 1.54) is 27.0 Å². The summed E-state index contributed by atoms with van der Waals surface area (Å²) >= 11 is 1.79. The zero-order valence-corrected chi connectivity index (χ0v) is 14.9. The molecule has 0 radical (unpaired) electrons. The van der Waals surface area contributed by atoms with Crippen LogP contribution >= 0.6 is 11.3 Å². The maximum Gasteiger partial charge on any atom is 0.303 e. The summed E-state index contributed by atoms with van der Waals surface area (Å²) in [6, 6.07) is 6.75. The van der Waals surface area contributed by atoms with Crippen molar-refractivity contribution in [2.24, 2.45) is 0 Å². The van der Waals surface area contributed by atoms with E-state index < -0.39 is 5.97 Å². The quantitative estimate of drug-likeness (QED) is 0.602. The number of unbranched alkanes of at least 4 members (excludes halogenated alkanes) is 2. The van der Waals surface area contributed by atoms with Crippen LogP contribution in [0.25, 0.3) is 10.1 Å². The summed E-state index contributed by atoms with van der Waals surface area (Å²) in [6.45, 7) is 7.79. The van der Waals surface area contributed by atoms with Crippen molar-refractivity contribution >= 4 is 38.8 Å². The standard InChI is InChI=1S/C19H23NO2S/c1-13-19(2,3)15-8-9-16-14(10-12-23-16)18(15)20(13)11-6-4-5-7-17(21)22/h8-10,12H,4-7,11H2,1-3H3/p+1. The van der Waals surface area contributed by atoms with Crippen LogP contribution < -0.4 is 0 Å². The summed E-state index contributed by atoms with van der Waals surface area (Å²) in [7, 11) is 0. The molecule has 0 atom stereocenters. The Morgan fingerprint density at radius 3 is 2.74 bits per heavy atom. The highest BCUT2D eigenvalue weighted by Crippen LogP contribution is 2.44. The molecule has 0 unspecified atom stereocenters. The predicted octanol–water partition coefficient (Wildman–Crippen LogP) is 4.94. The van der Waals surface area contributed by atoms with E-state index in [1.54, 1.807) is 11.3 Å². The number of fused-ring (bicyclic) bond motifs is 3. The van der Waals surface area contributed by atoms with Crippen LogP contribution in [0, 0.1) is 0 Å². The molecule has 122 valence electrons. The van der Waals surface area contributed by atoms with Gasteiger partial charge in [-0.1, -0.05) is 0 Å². The summed E-state index contributed by atoms with van der Waals surface area (Å²) in [6.07, 6.45) is 3.03. The van der Waals surface area contributed by atoms with Crippen molar-refractivity contribution < 1.29 is 14.5 Å². The number of carbonyl (C=O) groups is 1. The first kappa shape index (κ1) is 16.2. The lowest BCUT2D eigenvalue weighted by molar-refractivity contribution is -0.438. The molecule has 0 fully saturated rings. The number of benzene rings is 1. The molecule has 1 aromatic heterocycles. The summed E-state index contributed by atoms with van der Waals surface area (Å²) in [5, 5.41) is 12.3. The van der Waals surface area contributed by atoms with Crippen LogP contribution in [0.2, 0.25) is 0 Å². The summed E-state index contributed by atoms with van der Waals surface area (Å²) in [4.78, 5) is 10.6. The number of thiophene rings is 1. The van der Waals surface area contributed by atoms with Crippen LogP contribution in [0.3, 0.4) is 0 Å². The average Bonchev–Trinajstić information content (AvgIpc) is 3.03. The molecule has 0 saturated carbocycles. The van der Waals surface area contributed by atoms with Crippen LogP contribution in [0.5, 0.6) is 0 Å². The highest BCUT2D eigenvalue weighted by Gasteiger charge is 2.43. The molecule has 1 N–H and O–H groups in total. The van der Waals surface area contributed by atoms with Gasteiger partial charge in [-0.15, -0.1) is 11.3 Å². The van der Waals surface area contributed by atoms with E-state index in [9.17, 15) is 4.79 Å². The molecule has 0 spiro atoms. The Hall–Kier alpha value is -1.68. The van der Waals surface area contributed by atoms with Gasteiger partial charge < -0.3 is 5.11 Å². The Balaban J connectivity index is 1.87.